The minimum Gasteiger partial charge on any atom is -0.465 e. The van der Waals surface area contributed by atoms with Crippen molar-refractivity contribution >= 4 is 28.5 Å². The zero-order chi connectivity index (χ0) is 17.8. The number of carbonyl (C=O) groups is 2. The number of methoxy groups -OCH3 is 1. The molecular weight excluding hydrogens is 316 g/mol. The molecule has 0 aliphatic rings. The first kappa shape index (κ1) is 16.8. The maximum Gasteiger partial charge on any atom is 0.339 e. The van der Waals surface area contributed by atoms with Gasteiger partial charge in [0.1, 0.15) is 0 Å². The third-order valence-electron chi connectivity index (χ3n) is 4.17. The molecule has 0 aliphatic carbocycles. The zero-order valence-electron chi connectivity index (χ0n) is 14.3. The van der Waals surface area contributed by atoms with E-state index in [1.165, 1.54) is 7.11 Å². The third-order valence-corrected chi connectivity index (χ3v) is 4.17. The summed E-state index contributed by atoms with van der Waals surface area (Å²) < 4.78 is 6.88. The molecule has 2 aromatic carbocycles. The summed E-state index contributed by atoms with van der Waals surface area (Å²) in [5.41, 5.74) is 2.88. The van der Waals surface area contributed by atoms with Gasteiger partial charge in [-0.1, -0.05) is 30.3 Å². The number of benzene rings is 2. The van der Waals surface area contributed by atoms with Crippen LogP contribution in [0.5, 0.6) is 0 Å². The number of amides is 1. The summed E-state index contributed by atoms with van der Waals surface area (Å²) in [6, 6.07) is 14.9. The second-order valence-electron chi connectivity index (χ2n) is 5.72. The fourth-order valence-corrected chi connectivity index (χ4v) is 2.97. The molecule has 0 fully saturated rings. The molecule has 5 heteroatoms. The number of anilines is 1. The highest BCUT2D eigenvalue weighted by molar-refractivity contribution is 6.02. The van der Waals surface area contributed by atoms with Gasteiger partial charge in [-0.3, -0.25) is 4.79 Å². The molecule has 25 heavy (non-hydrogen) atoms. The number of aryl methyl sites for hydroxylation is 1. The highest BCUT2D eigenvalue weighted by atomic mass is 16.5. The molecule has 0 aliphatic heterocycles. The molecule has 0 radical (unpaired) electrons. The predicted molar refractivity (Wildman–Crippen MR) is 97.7 cm³/mol. The molecule has 0 spiro atoms. The molecule has 1 N–H and O–H groups in total. The number of para-hydroxylation sites is 2. The van der Waals surface area contributed by atoms with Crippen LogP contribution < -0.4 is 5.32 Å². The fourth-order valence-electron chi connectivity index (χ4n) is 2.97. The minimum atomic E-state index is -0.474. The van der Waals surface area contributed by atoms with Gasteiger partial charge in [0.05, 0.1) is 24.8 Å². The third kappa shape index (κ3) is 3.40. The van der Waals surface area contributed by atoms with E-state index in [0.717, 1.165) is 23.0 Å². The Hall–Kier alpha value is -3.08. The molecule has 0 atom stereocenters. The van der Waals surface area contributed by atoms with Gasteiger partial charge in [0.2, 0.25) is 5.91 Å². The lowest BCUT2D eigenvalue weighted by molar-refractivity contribution is -0.115. The number of nitrogens with zero attached hydrogens (tertiary/aromatic N) is 1. The van der Waals surface area contributed by atoms with Gasteiger partial charge in [-0.2, -0.15) is 0 Å². The minimum absolute atomic E-state index is 0.171. The average Bonchev–Trinajstić information content (AvgIpc) is 2.99. The van der Waals surface area contributed by atoms with Crippen LogP contribution in [0, 0.1) is 0 Å². The van der Waals surface area contributed by atoms with Crippen molar-refractivity contribution in [2.75, 3.05) is 12.4 Å². The molecule has 0 saturated carbocycles. The number of fused-ring (bicyclic) bond motifs is 1. The van der Waals surface area contributed by atoms with E-state index in [0.29, 0.717) is 11.3 Å². The van der Waals surface area contributed by atoms with Crippen LogP contribution in [0.25, 0.3) is 10.9 Å². The molecule has 0 unspecified atom stereocenters. The van der Waals surface area contributed by atoms with Crippen LogP contribution in [0.4, 0.5) is 5.69 Å². The average molecular weight is 336 g/mol. The van der Waals surface area contributed by atoms with Gasteiger partial charge >= 0.3 is 5.97 Å². The van der Waals surface area contributed by atoms with E-state index in [1.807, 2.05) is 30.5 Å². The number of hydrogen-bond donors (Lipinski definition) is 1. The van der Waals surface area contributed by atoms with Crippen molar-refractivity contribution in [3.05, 3.63) is 65.9 Å². The second kappa shape index (κ2) is 7.21. The van der Waals surface area contributed by atoms with Crippen LogP contribution >= 0.6 is 0 Å². The van der Waals surface area contributed by atoms with E-state index in [9.17, 15) is 9.59 Å². The summed E-state index contributed by atoms with van der Waals surface area (Å²) in [6.45, 7) is 2.91. The van der Waals surface area contributed by atoms with E-state index >= 15 is 0 Å². The van der Waals surface area contributed by atoms with Crippen molar-refractivity contribution in [3.8, 4) is 0 Å². The smallest absolute Gasteiger partial charge is 0.339 e. The number of carbonyl (C=O) groups excluding carboxylic acids is 2. The Kier molecular flexibility index (Phi) is 4.84. The number of nitrogens with one attached hydrogen (secondary N) is 1. The van der Waals surface area contributed by atoms with Gasteiger partial charge in [0.25, 0.3) is 0 Å². The number of esters is 1. The lowest BCUT2D eigenvalue weighted by Crippen LogP contribution is -2.17. The van der Waals surface area contributed by atoms with Crippen molar-refractivity contribution in [2.45, 2.75) is 19.9 Å². The van der Waals surface area contributed by atoms with Gasteiger partial charge in [-0.05, 0) is 30.7 Å². The number of rotatable bonds is 5. The molecule has 128 valence electrons. The Bertz CT molecular complexity index is 928. The first-order valence-electron chi connectivity index (χ1n) is 8.18. The Morgan fingerprint density at radius 1 is 1.08 bits per heavy atom. The molecule has 5 nitrogen and oxygen atoms in total. The van der Waals surface area contributed by atoms with Crippen LogP contribution in [0.3, 0.4) is 0 Å². The van der Waals surface area contributed by atoms with Crippen molar-refractivity contribution < 1.29 is 14.3 Å². The van der Waals surface area contributed by atoms with Crippen LogP contribution in [0.15, 0.2) is 54.7 Å². The summed E-state index contributed by atoms with van der Waals surface area (Å²) in [5, 5.41) is 3.89. The maximum atomic E-state index is 12.5. The van der Waals surface area contributed by atoms with Crippen molar-refractivity contribution in [2.24, 2.45) is 0 Å². The molecule has 0 bridgehead atoms. The Morgan fingerprint density at radius 2 is 1.80 bits per heavy atom. The SMILES string of the molecule is CCn1cc(CC(=O)Nc2ccccc2C(=O)OC)c2ccccc21. The van der Waals surface area contributed by atoms with Crippen LogP contribution in [0.1, 0.15) is 22.8 Å². The van der Waals surface area contributed by atoms with Crippen molar-refractivity contribution in [1.29, 1.82) is 0 Å². The summed E-state index contributed by atoms with van der Waals surface area (Å²) in [5.74, 6) is -0.645. The van der Waals surface area contributed by atoms with Gasteiger partial charge in [-0.15, -0.1) is 0 Å². The second-order valence-corrected chi connectivity index (χ2v) is 5.72. The lowest BCUT2D eigenvalue weighted by atomic mass is 10.1. The van der Waals surface area contributed by atoms with Gasteiger partial charge in [-0.25, -0.2) is 4.79 Å². The molecule has 1 aromatic heterocycles. The zero-order valence-corrected chi connectivity index (χ0v) is 14.3. The van der Waals surface area contributed by atoms with Crippen LogP contribution in [-0.2, 0) is 22.5 Å². The first-order valence-corrected chi connectivity index (χ1v) is 8.18. The number of ether oxygens (including phenoxy) is 1. The normalized spacial score (nSPS) is 10.6. The van der Waals surface area contributed by atoms with Crippen molar-refractivity contribution in [3.63, 3.8) is 0 Å². The first-order chi connectivity index (χ1) is 12.1. The largest absolute Gasteiger partial charge is 0.465 e. The number of aromatic nitrogens is 1. The highest BCUT2D eigenvalue weighted by Crippen LogP contribution is 2.23. The summed E-state index contributed by atoms with van der Waals surface area (Å²) in [4.78, 5) is 24.3. The standard InChI is InChI=1S/C20H20N2O3/c1-3-22-13-14(15-8-5-7-11-18(15)22)12-19(23)21-17-10-6-4-9-16(17)20(24)25-2/h4-11,13H,3,12H2,1-2H3,(H,21,23). The predicted octanol–water partition coefficient (Wildman–Crippen LogP) is 3.63. The quantitative estimate of drug-likeness (QED) is 0.724. The van der Waals surface area contributed by atoms with Gasteiger partial charge in [0, 0.05) is 23.6 Å². The van der Waals surface area contributed by atoms with Gasteiger partial charge < -0.3 is 14.6 Å². The monoisotopic (exact) mass is 336 g/mol. The van der Waals surface area contributed by atoms with E-state index < -0.39 is 5.97 Å². The van der Waals surface area contributed by atoms with Crippen LogP contribution in [0.2, 0.25) is 0 Å². The Labute approximate surface area is 146 Å². The Morgan fingerprint density at radius 3 is 2.56 bits per heavy atom. The van der Waals surface area contributed by atoms with E-state index in [-0.39, 0.29) is 12.3 Å². The molecular formula is C20H20N2O3. The summed E-state index contributed by atoms with van der Waals surface area (Å²) in [7, 11) is 1.32. The maximum absolute atomic E-state index is 12.5. The van der Waals surface area contributed by atoms with Crippen LogP contribution in [-0.4, -0.2) is 23.6 Å². The molecule has 3 rings (SSSR count). The fraction of sp³-hybridized carbons (Fsp3) is 0.200. The Balaban J connectivity index is 1.84. The van der Waals surface area contributed by atoms with Gasteiger partial charge in [0.15, 0.2) is 0 Å². The molecule has 0 saturated heterocycles. The highest BCUT2D eigenvalue weighted by Gasteiger charge is 2.15. The molecule has 1 heterocycles. The molecule has 1 amide bonds. The molecule has 3 aromatic rings. The number of hydrogen-bond acceptors (Lipinski definition) is 3. The van der Waals surface area contributed by atoms with E-state index in [1.54, 1.807) is 24.3 Å². The summed E-state index contributed by atoms with van der Waals surface area (Å²) >= 11 is 0. The summed E-state index contributed by atoms with van der Waals surface area (Å²) in [6.07, 6.45) is 2.25. The topological polar surface area (TPSA) is 60.3 Å². The van der Waals surface area contributed by atoms with E-state index in [2.05, 4.69) is 16.8 Å². The van der Waals surface area contributed by atoms with E-state index in [4.69, 9.17) is 4.74 Å². The van der Waals surface area contributed by atoms with Crippen molar-refractivity contribution in [1.82, 2.24) is 4.57 Å². The lowest BCUT2D eigenvalue weighted by Gasteiger charge is -2.09.